The number of aromatic nitrogens is 3. The van der Waals surface area contributed by atoms with Crippen molar-refractivity contribution < 1.29 is 0 Å². The molecular weight excluding hydrogens is 236 g/mol. The fraction of sp³-hybridized carbons (Fsp3) is 0.867. The number of nitrogens with zero attached hydrogens (tertiary/aromatic N) is 4. The normalized spacial score (nSPS) is 28.0. The lowest BCUT2D eigenvalue weighted by atomic mass is 10.0. The van der Waals surface area contributed by atoms with Gasteiger partial charge in [0.05, 0.1) is 0 Å². The third-order valence-electron chi connectivity index (χ3n) is 4.66. The third kappa shape index (κ3) is 2.69. The van der Waals surface area contributed by atoms with Crippen LogP contribution in [0.2, 0.25) is 0 Å². The maximum Gasteiger partial charge on any atom is 0.152 e. The zero-order chi connectivity index (χ0) is 13.4. The second-order valence-electron chi connectivity index (χ2n) is 6.60. The van der Waals surface area contributed by atoms with E-state index in [0.717, 1.165) is 31.1 Å². The Labute approximate surface area is 116 Å². The summed E-state index contributed by atoms with van der Waals surface area (Å²) in [5.41, 5.74) is 0. The van der Waals surface area contributed by atoms with Gasteiger partial charge < -0.3 is 0 Å². The van der Waals surface area contributed by atoms with E-state index in [-0.39, 0.29) is 0 Å². The SMILES string of the molecule is CC1CCn2nc(CC3CCCN3C(C)C)nc2C1. The summed E-state index contributed by atoms with van der Waals surface area (Å²) in [6.07, 6.45) is 6.02. The van der Waals surface area contributed by atoms with Crippen molar-refractivity contribution >= 4 is 0 Å². The second kappa shape index (κ2) is 5.23. The van der Waals surface area contributed by atoms with E-state index in [1.54, 1.807) is 0 Å². The van der Waals surface area contributed by atoms with Crippen molar-refractivity contribution in [1.82, 2.24) is 19.7 Å². The molecule has 0 radical (unpaired) electrons. The Morgan fingerprint density at radius 3 is 2.89 bits per heavy atom. The number of fused-ring (bicyclic) bond motifs is 1. The standard InChI is InChI=1S/C15H26N4/c1-11(2)18-7-4-5-13(18)10-14-16-15-9-12(3)6-8-19(15)17-14/h11-13H,4-10H2,1-3H3. The Balaban J connectivity index is 1.70. The van der Waals surface area contributed by atoms with Crippen LogP contribution in [-0.2, 0) is 19.4 Å². The lowest BCUT2D eigenvalue weighted by molar-refractivity contribution is 0.201. The van der Waals surface area contributed by atoms with Gasteiger partial charge in [0, 0.05) is 31.5 Å². The van der Waals surface area contributed by atoms with Crippen molar-refractivity contribution in [3.05, 3.63) is 11.6 Å². The van der Waals surface area contributed by atoms with Crippen molar-refractivity contribution in [2.75, 3.05) is 6.54 Å². The Morgan fingerprint density at radius 2 is 2.11 bits per heavy atom. The Bertz CT molecular complexity index is 437. The van der Waals surface area contributed by atoms with Crippen LogP contribution in [0.5, 0.6) is 0 Å². The minimum absolute atomic E-state index is 0.643. The van der Waals surface area contributed by atoms with Gasteiger partial charge in [0.25, 0.3) is 0 Å². The van der Waals surface area contributed by atoms with E-state index in [1.165, 1.54) is 31.6 Å². The van der Waals surface area contributed by atoms with Gasteiger partial charge in [-0.05, 0) is 45.6 Å². The zero-order valence-corrected chi connectivity index (χ0v) is 12.5. The van der Waals surface area contributed by atoms with Gasteiger partial charge in [-0.25, -0.2) is 9.67 Å². The molecule has 106 valence electrons. The van der Waals surface area contributed by atoms with Gasteiger partial charge in [0.15, 0.2) is 5.82 Å². The Morgan fingerprint density at radius 1 is 1.26 bits per heavy atom. The highest BCUT2D eigenvalue weighted by Gasteiger charge is 2.28. The molecule has 0 N–H and O–H groups in total. The molecule has 2 aliphatic heterocycles. The molecule has 2 atom stereocenters. The first-order valence-corrected chi connectivity index (χ1v) is 7.82. The Kier molecular flexibility index (Phi) is 3.61. The minimum atomic E-state index is 0.643. The lowest BCUT2D eigenvalue weighted by Crippen LogP contribution is -2.36. The molecule has 1 aromatic rings. The van der Waals surface area contributed by atoms with Gasteiger partial charge in [0.1, 0.15) is 5.82 Å². The maximum atomic E-state index is 4.78. The highest BCUT2D eigenvalue weighted by Crippen LogP contribution is 2.24. The molecule has 3 rings (SSSR count). The molecule has 0 bridgehead atoms. The van der Waals surface area contributed by atoms with E-state index in [2.05, 4.69) is 30.4 Å². The summed E-state index contributed by atoms with van der Waals surface area (Å²) in [6, 6.07) is 1.30. The van der Waals surface area contributed by atoms with E-state index in [0.29, 0.717) is 12.1 Å². The van der Waals surface area contributed by atoms with Crippen molar-refractivity contribution in [1.29, 1.82) is 0 Å². The fourth-order valence-electron chi connectivity index (χ4n) is 3.57. The number of aryl methyl sites for hydroxylation is 1. The first-order valence-electron chi connectivity index (χ1n) is 7.82. The summed E-state index contributed by atoms with van der Waals surface area (Å²) < 4.78 is 2.14. The first-order chi connectivity index (χ1) is 9.13. The van der Waals surface area contributed by atoms with Gasteiger partial charge >= 0.3 is 0 Å². The minimum Gasteiger partial charge on any atom is -0.298 e. The number of likely N-dealkylation sites (tertiary alicyclic amines) is 1. The van der Waals surface area contributed by atoms with Crippen LogP contribution in [0.15, 0.2) is 0 Å². The number of hydrogen-bond acceptors (Lipinski definition) is 3. The molecule has 0 amide bonds. The van der Waals surface area contributed by atoms with Crippen LogP contribution in [0, 0.1) is 5.92 Å². The quantitative estimate of drug-likeness (QED) is 0.838. The molecule has 1 aromatic heterocycles. The zero-order valence-electron chi connectivity index (χ0n) is 12.5. The van der Waals surface area contributed by atoms with Crippen molar-refractivity contribution in [3.8, 4) is 0 Å². The summed E-state index contributed by atoms with van der Waals surface area (Å²) >= 11 is 0. The summed E-state index contributed by atoms with van der Waals surface area (Å²) in [5, 5.41) is 4.72. The molecular formula is C15H26N4. The van der Waals surface area contributed by atoms with Crippen LogP contribution in [0.1, 0.15) is 51.7 Å². The van der Waals surface area contributed by atoms with E-state index in [4.69, 9.17) is 10.1 Å². The molecule has 19 heavy (non-hydrogen) atoms. The number of hydrogen-bond donors (Lipinski definition) is 0. The van der Waals surface area contributed by atoms with E-state index in [9.17, 15) is 0 Å². The average molecular weight is 262 g/mol. The van der Waals surface area contributed by atoms with Gasteiger partial charge in [-0.2, -0.15) is 5.10 Å². The average Bonchev–Trinajstić information content (AvgIpc) is 2.95. The van der Waals surface area contributed by atoms with Crippen LogP contribution >= 0.6 is 0 Å². The maximum absolute atomic E-state index is 4.78. The molecule has 1 fully saturated rings. The largest absolute Gasteiger partial charge is 0.298 e. The lowest BCUT2D eigenvalue weighted by Gasteiger charge is -2.27. The molecule has 2 aliphatic rings. The fourth-order valence-corrected chi connectivity index (χ4v) is 3.57. The van der Waals surface area contributed by atoms with E-state index < -0.39 is 0 Å². The van der Waals surface area contributed by atoms with Crippen LogP contribution in [0.3, 0.4) is 0 Å². The van der Waals surface area contributed by atoms with Crippen molar-refractivity contribution in [2.45, 2.75) is 71.5 Å². The molecule has 1 saturated heterocycles. The molecule has 4 nitrogen and oxygen atoms in total. The second-order valence-corrected chi connectivity index (χ2v) is 6.60. The van der Waals surface area contributed by atoms with Gasteiger partial charge in [-0.15, -0.1) is 0 Å². The summed E-state index contributed by atoms with van der Waals surface area (Å²) in [4.78, 5) is 7.40. The third-order valence-corrected chi connectivity index (χ3v) is 4.66. The van der Waals surface area contributed by atoms with Crippen molar-refractivity contribution in [3.63, 3.8) is 0 Å². The van der Waals surface area contributed by atoms with Gasteiger partial charge in [-0.1, -0.05) is 6.92 Å². The number of rotatable bonds is 3. The molecule has 3 heterocycles. The molecule has 0 spiro atoms. The van der Waals surface area contributed by atoms with Gasteiger partial charge in [-0.3, -0.25) is 4.90 Å². The van der Waals surface area contributed by atoms with Crippen LogP contribution in [0.4, 0.5) is 0 Å². The van der Waals surface area contributed by atoms with E-state index >= 15 is 0 Å². The highest BCUT2D eigenvalue weighted by atomic mass is 15.4. The molecule has 0 aliphatic carbocycles. The van der Waals surface area contributed by atoms with Crippen LogP contribution in [0.25, 0.3) is 0 Å². The molecule has 0 saturated carbocycles. The van der Waals surface area contributed by atoms with Crippen LogP contribution in [-0.4, -0.2) is 38.3 Å². The molecule has 2 unspecified atom stereocenters. The van der Waals surface area contributed by atoms with E-state index in [1.807, 2.05) is 0 Å². The first kappa shape index (κ1) is 13.1. The smallest absolute Gasteiger partial charge is 0.152 e. The highest BCUT2D eigenvalue weighted by molar-refractivity contribution is 5.00. The predicted molar refractivity (Wildman–Crippen MR) is 76.1 cm³/mol. The summed E-state index contributed by atoms with van der Waals surface area (Å²) in [6.45, 7) is 9.21. The summed E-state index contributed by atoms with van der Waals surface area (Å²) in [5.74, 6) is 3.05. The molecule has 0 aromatic carbocycles. The van der Waals surface area contributed by atoms with Crippen molar-refractivity contribution in [2.24, 2.45) is 5.92 Å². The molecule has 4 heteroatoms. The predicted octanol–water partition coefficient (Wildman–Crippen LogP) is 2.28. The summed E-state index contributed by atoms with van der Waals surface area (Å²) in [7, 11) is 0. The van der Waals surface area contributed by atoms with Crippen LogP contribution < -0.4 is 0 Å². The monoisotopic (exact) mass is 262 g/mol. The Hall–Kier alpha value is -0.900. The topological polar surface area (TPSA) is 34.0 Å². The van der Waals surface area contributed by atoms with Gasteiger partial charge in [0.2, 0.25) is 0 Å².